The molecule has 5 heteroatoms. The van der Waals surface area contributed by atoms with E-state index in [4.69, 9.17) is 4.98 Å². The molecule has 2 heterocycles. The number of nitrogens with one attached hydrogen (secondary N) is 2. The van der Waals surface area contributed by atoms with Gasteiger partial charge in [0.2, 0.25) is 0 Å². The highest BCUT2D eigenvalue weighted by Gasteiger charge is 2.56. The molecule has 4 aliphatic rings. The SMILES string of the molecule is Cc1c(C(=O)N[C@H]2C[C@H]3C[C@@H]([C@@H]2C)C3(C)C)[nH]c2nc(C3CC3)sc12. The minimum Gasteiger partial charge on any atom is -0.348 e. The van der Waals surface area contributed by atoms with Crippen molar-refractivity contribution in [2.75, 3.05) is 0 Å². The normalized spacial score (nSPS) is 33.3. The van der Waals surface area contributed by atoms with Crippen molar-refractivity contribution < 1.29 is 4.79 Å². The van der Waals surface area contributed by atoms with Gasteiger partial charge in [-0.25, -0.2) is 4.98 Å². The second-order valence-corrected chi connectivity index (χ2v) is 10.2. The van der Waals surface area contributed by atoms with Crippen molar-refractivity contribution >= 4 is 27.6 Å². The average molecular weight is 358 g/mol. The number of hydrogen-bond acceptors (Lipinski definition) is 3. The highest BCUT2D eigenvalue weighted by molar-refractivity contribution is 7.18. The molecule has 1 amide bonds. The number of aryl methyl sites for hydroxylation is 1. The first-order valence-electron chi connectivity index (χ1n) is 9.66. The molecule has 2 aromatic rings. The van der Waals surface area contributed by atoms with Crippen LogP contribution in [0, 0.1) is 30.1 Å². The molecule has 0 radical (unpaired) electrons. The van der Waals surface area contributed by atoms with Crippen LogP contribution >= 0.6 is 11.3 Å². The molecule has 4 atom stereocenters. The minimum absolute atomic E-state index is 0.0478. The minimum atomic E-state index is 0.0478. The summed E-state index contributed by atoms with van der Waals surface area (Å²) in [5.74, 6) is 2.77. The maximum absolute atomic E-state index is 12.9. The third-order valence-corrected chi connectivity index (χ3v) is 8.76. The topological polar surface area (TPSA) is 57.8 Å². The van der Waals surface area contributed by atoms with E-state index in [0.717, 1.165) is 34.2 Å². The van der Waals surface area contributed by atoms with Crippen molar-refractivity contribution in [3.63, 3.8) is 0 Å². The molecule has 4 fully saturated rings. The lowest BCUT2D eigenvalue weighted by Gasteiger charge is -2.62. The van der Waals surface area contributed by atoms with Crippen LogP contribution in [0.5, 0.6) is 0 Å². The number of carbonyl (C=O) groups is 1. The highest BCUT2D eigenvalue weighted by Crippen LogP contribution is 2.61. The van der Waals surface area contributed by atoms with Crippen molar-refractivity contribution in [2.24, 2.45) is 23.2 Å². The molecule has 134 valence electrons. The van der Waals surface area contributed by atoms with E-state index in [9.17, 15) is 4.79 Å². The Morgan fingerprint density at radius 2 is 2.08 bits per heavy atom. The molecule has 4 aliphatic carbocycles. The number of aromatic nitrogens is 2. The van der Waals surface area contributed by atoms with E-state index >= 15 is 0 Å². The van der Waals surface area contributed by atoms with Crippen LogP contribution in [0.15, 0.2) is 0 Å². The number of amides is 1. The van der Waals surface area contributed by atoms with Crippen LogP contribution in [0.3, 0.4) is 0 Å². The Labute approximate surface area is 152 Å². The number of fused-ring (bicyclic) bond motifs is 3. The quantitative estimate of drug-likeness (QED) is 0.843. The van der Waals surface area contributed by atoms with E-state index in [1.165, 1.54) is 24.3 Å². The van der Waals surface area contributed by atoms with Crippen molar-refractivity contribution in [3.05, 3.63) is 16.3 Å². The number of H-pyrrole nitrogens is 1. The lowest BCUT2D eigenvalue weighted by molar-refractivity contribution is -0.113. The Balaban J connectivity index is 1.35. The summed E-state index contributed by atoms with van der Waals surface area (Å²) in [6.45, 7) is 9.16. The number of hydrogen-bond donors (Lipinski definition) is 2. The number of rotatable bonds is 3. The Bertz CT molecular complexity index is 860. The molecular formula is C20H27N3OS. The van der Waals surface area contributed by atoms with Gasteiger partial charge in [-0.3, -0.25) is 4.79 Å². The standard InChI is InChI=1S/C20H27N3OS/c1-9-13-7-12(20(13,3)4)8-14(9)21-18(24)15-10(2)16-17(22-15)23-19(25-16)11-5-6-11/h9,11-14,22H,5-8H2,1-4H3,(H,21,24)/t9-,12+,13-,14-/m0/s1. The third-order valence-electron chi connectivity index (χ3n) is 7.43. The first-order valence-corrected chi connectivity index (χ1v) is 10.5. The van der Waals surface area contributed by atoms with Crippen LogP contribution in [0.4, 0.5) is 0 Å². The molecule has 6 rings (SSSR count). The zero-order valence-corrected chi connectivity index (χ0v) is 16.3. The van der Waals surface area contributed by atoms with Gasteiger partial charge in [0, 0.05) is 12.0 Å². The van der Waals surface area contributed by atoms with Crippen LogP contribution in [-0.2, 0) is 0 Å². The van der Waals surface area contributed by atoms with Crippen molar-refractivity contribution in [2.45, 2.75) is 65.3 Å². The van der Waals surface area contributed by atoms with Crippen LogP contribution in [0.1, 0.15) is 73.4 Å². The fraction of sp³-hybridized carbons (Fsp3) is 0.700. The summed E-state index contributed by atoms with van der Waals surface area (Å²) in [7, 11) is 0. The second kappa shape index (κ2) is 5.09. The Kier molecular flexibility index (Phi) is 3.23. The smallest absolute Gasteiger partial charge is 0.268 e. The van der Waals surface area contributed by atoms with E-state index in [2.05, 4.69) is 31.1 Å². The first kappa shape index (κ1) is 15.9. The molecule has 4 saturated carbocycles. The van der Waals surface area contributed by atoms with Gasteiger partial charge >= 0.3 is 0 Å². The fourth-order valence-corrected chi connectivity index (χ4v) is 6.51. The summed E-state index contributed by atoms with van der Waals surface area (Å²) in [4.78, 5) is 20.9. The van der Waals surface area contributed by atoms with Gasteiger partial charge < -0.3 is 10.3 Å². The lowest BCUT2D eigenvalue weighted by atomic mass is 9.45. The highest BCUT2D eigenvalue weighted by atomic mass is 32.1. The zero-order chi connectivity index (χ0) is 17.5. The van der Waals surface area contributed by atoms with Crippen LogP contribution in [0.25, 0.3) is 10.3 Å². The molecule has 0 spiro atoms. The van der Waals surface area contributed by atoms with Gasteiger partial charge in [-0.1, -0.05) is 20.8 Å². The summed E-state index contributed by atoms with van der Waals surface area (Å²) >= 11 is 1.76. The molecule has 0 aliphatic heterocycles. The number of carbonyl (C=O) groups excluding carboxylic acids is 1. The van der Waals surface area contributed by atoms with Gasteiger partial charge in [0.15, 0.2) is 0 Å². The van der Waals surface area contributed by atoms with Gasteiger partial charge in [-0.05, 0) is 61.3 Å². The summed E-state index contributed by atoms with van der Waals surface area (Å²) in [5, 5.41) is 4.57. The van der Waals surface area contributed by atoms with E-state index in [1.54, 1.807) is 11.3 Å². The van der Waals surface area contributed by atoms with Gasteiger partial charge in [-0.2, -0.15) is 0 Å². The predicted molar refractivity (Wildman–Crippen MR) is 101 cm³/mol. The molecule has 2 aromatic heterocycles. The van der Waals surface area contributed by atoms with Gasteiger partial charge in [0.25, 0.3) is 5.91 Å². The summed E-state index contributed by atoms with van der Waals surface area (Å²) in [5.41, 5.74) is 3.12. The second-order valence-electron chi connectivity index (χ2n) is 9.16. The maximum Gasteiger partial charge on any atom is 0.268 e. The van der Waals surface area contributed by atoms with Crippen molar-refractivity contribution in [1.82, 2.24) is 15.3 Å². The average Bonchev–Trinajstić information content (AvgIpc) is 3.25. The van der Waals surface area contributed by atoms with Gasteiger partial charge in [-0.15, -0.1) is 11.3 Å². The van der Waals surface area contributed by atoms with E-state index in [0.29, 0.717) is 29.0 Å². The number of thiazole rings is 1. The summed E-state index contributed by atoms with van der Waals surface area (Å²) in [6, 6.07) is 0.306. The third kappa shape index (κ3) is 2.24. The molecule has 2 bridgehead atoms. The lowest BCUT2D eigenvalue weighted by Crippen LogP contribution is -2.60. The first-order chi connectivity index (χ1) is 11.9. The molecule has 0 saturated heterocycles. The molecule has 2 N–H and O–H groups in total. The van der Waals surface area contributed by atoms with Crippen molar-refractivity contribution in [1.29, 1.82) is 0 Å². The molecule has 25 heavy (non-hydrogen) atoms. The molecule has 4 nitrogen and oxygen atoms in total. The zero-order valence-electron chi connectivity index (χ0n) is 15.5. The molecule has 0 aromatic carbocycles. The van der Waals surface area contributed by atoms with Crippen LogP contribution in [0.2, 0.25) is 0 Å². The largest absolute Gasteiger partial charge is 0.348 e. The summed E-state index contributed by atoms with van der Waals surface area (Å²) in [6.07, 6.45) is 4.99. The van der Waals surface area contributed by atoms with Crippen molar-refractivity contribution in [3.8, 4) is 0 Å². The van der Waals surface area contributed by atoms with Gasteiger partial charge in [0.05, 0.1) is 9.71 Å². The maximum atomic E-state index is 12.9. The van der Waals surface area contributed by atoms with E-state index < -0.39 is 0 Å². The Hall–Kier alpha value is -1.36. The number of aromatic amines is 1. The fourth-order valence-electron chi connectivity index (χ4n) is 5.31. The predicted octanol–water partition coefficient (Wildman–Crippen LogP) is 4.61. The van der Waals surface area contributed by atoms with E-state index in [-0.39, 0.29) is 5.91 Å². The number of nitrogens with zero attached hydrogens (tertiary/aromatic N) is 1. The van der Waals surface area contributed by atoms with Crippen LogP contribution < -0.4 is 5.32 Å². The Morgan fingerprint density at radius 1 is 1.32 bits per heavy atom. The Morgan fingerprint density at radius 3 is 2.68 bits per heavy atom. The van der Waals surface area contributed by atoms with E-state index in [1.807, 2.05) is 6.92 Å². The monoisotopic (exact) mass is 357 g/mol. The summed E-state index contributed by atoms with van der Waals surface area (Å²) < 4.78 is 1.16. The molecule has 0 unspecified atom stereocenters. The van der Waals surface area contributed by atoms with Gasteiger partial charge in [0.1, 0.15) is 11.3 Å². The van der Waals surface area contributed by atoms with Crippen LogP contribution in [-0.4, -0.2) is 21.9 Å². The molecular weight excluding hydrogens is 330 g/mol.